The molecule has 7 heterocycles. The fourth-order valence-electron chi connectivity index (χ4n) is 8.60. The monoisotopic (exact) mass is 1340 g/mol. The maximum absolute atomic E-state index is 9.61. The fraction of sp³-hybridized carbons (Fsp3) is 0.333. The van der Waals surface area contributed by atoms with E-state index in [1.54, 1.807) is 169 Å². The standard InChI is InChI=1S/C60H74N14O6P4S4/c1-7-9-11-13-15-17-19-49-21-33-59(34-22-49)79-83(87)71(3)63-45-51-25-37-55(38-26-51)75-81(85,69-67-61)77-57-41-29-53(30-42-57)47-65-73(5)84(88,80-60-35-23-50(24-36-60)20-18-16-14-12-10-8-2)74(6)66-48-54-31-43-58(44-32-54)78-82(86,70-68-62)76-56-39-27-52(28-40-56)46-64-72(83)4/h21-48H,7-20H2,1-6H3/b63-45+,64-46+,65-47+,66-48+. The molecule has 7 aliphatic heterocycles. The van der Waals surface area contributed by atoms with Crippen molar-refractivity contribution >= 4 is 98.5 Å². The Hall–Kier alpha value is -6.78. The molecule has 0 aromatic heterocycles. The Morgan fingerprint density at radius 1 is 0.386 bits per heavy atom. The van der Waals surface area contributed by atoms with Crippen molar-refractivity contribution in [3.8, 4) is 34.5 Å². The average Bonchev–Trinajstić information content (AvgIpc) is 3.00. The zero-order valence-corrected chi connectivity index (χ0v) is 57.0. The van der Waals surface area contributed by atoms with E-state index < -0.39 is 26.4 Å². The Balaban J connectivity index is 1.17. The SMILES string of the molecule is CCCCCCCCc1ccc(OP2(=S)N(C)/N=C/c3ccc(cc3)OP(=S)(N=[N+]=[N-])Oc3ccc(cc3)/C=N/N(C)P(=S)(Oc3ccc(CCCCCCCC)cc3)N(C)/N=C/c3ccc(cc3)OP(=S)(N=[N+]=[N-])Oc3ccc(cc3)/C=N/N2C)cc1. The Bertz CT molecular complexity index is 3250. The Labute approximate surface area is 537 Å². The Morgan fingerprint density at radius 3 is 0.886 bits per heavy atom. The van der Waals surface area contributed by atoms with Gasteiger partial charge in [0, 0.05) is 47.8 Å². The molecule has 28 heteroatoms. The first-order valence-corrected chi connectivity index (χ1v) is 39.3. The van der Waals surface area contributed by atoms with Crippen molar-refractivity contribution in [1.82, 2.24) is 19.1 Å². The zero-order valence-electron chi connectivity index (χ0n) is 50.2. The van der Waals surface area contributed by atoms with Gasteiger partial charge in [-0.05, 0) is 239 Å². The number of rotatable bonds is 20. The number of hydrazone groups is 4. The van der Waals surface area contributed by atoms with Crippen LogP contribution in [0.5, 0.6) is 34.5 Å². The van der Waals surface area contributed by atoms with E-state index in [9.17, 15) is 11.1 Å². The molecule has 0 atom stereocenters. The largest absolute Gasteiger partial charge is 0.432 e. The van der Waals surface area contributed by atoms with Gasteiger partial charge in [-0.15, -0.1) is 0 Å². The normalized spacial score (nSPS) is 21.3. The third-order valence-corrected chi connectivity index (χ3v) is 24.8. The van der Waals surface area contributed by atoms with Crippen LogP contribution in [0.1, 0.15) is 124 Å². The van der Waals surface area contributed by atoms with Gasteiger partial charge in [-0.2, -0.15) is 20.4 Å². The molecular formula is C60H74N14O6P4S4. The van der Waals surface area contributed by atoms with E-state index in [2.05, 4.69) is 57.7 Å². The van der Waals surface area contributed by atoms with Gasteiger partial charge in [0.15, 0.2) is 0 Å². The maximum Gasteiger partial charge on any atom is 0.379 e. The highest BCUT2D eigenvalue weighted by Crippen LogP contribution is 2.56. The smallest absolute Gasteiger partial charge is 0.379 e. The van der Waals surface area contributed by atoms with Gasteiger partial charge in [0.05, 0.1) is 24.9 Å². The summed E-state index contributed by atoms with van der Waals surface area (Å²) in [5.74, 6) is 2.36. The molecule has 0 aliphatic carbocycles. The summed E-state index contributed by atoms with van der Waals surface area (Å²) in [5.41, 5.74) is 24.4. The van der Waals surface area contributed by atoms with Crippen molar-refractivity contribution in [1.29, 1.82) is 0 Å². The quantitative estimate of drug-likeness (QED) is 0.0229. The van der Waals surface area contributed by atoms with Gasteiger partial charge < -0.3 is 27.1 Å². The first-order chi connectivity index (χ1) is 42.5. The first-order valence-electron chi connectivity index (χ1n) is 28.9. The molecule has 20 nitrogen and oxygen atoms in total. The highest BCUT2D eigenvalue weighted by Gasteiger charge is 2.32. The molecule has 6 aromatic carbocycles. The summed E-state index contributed by atoms with van der Waals surface area (Å²) >= 11 is 24.2. The van der Waals surface area contributed by atoms with Gasteiger partial charge in [0.2, 0.25) is 0 Å². The molecule has 0 spiro atoms. The van der Waals surface area contributed by atoms with E-state index in [1.165, 1.54) is 75.3 Å². The van der Waals surface area contributed by atoms with Crippen LogP contribution in [0.4, 0.5) is 0 Å². The molecule has 7 aliphatic rings. The number of benzene rings is 6. The second kappa shape index (κ2) is 34.3. The number of azide groups is 2. The minimum absolute atomic E-state index is 0.307. The van der Waals surface area contributed by atoms with Crippen molar-refractivity contribution in [2.45, 2.75) is 104 Å². The van der Waals surface area contributed by atoms with Crippen molar-refractivity contribution in [3.05, 3.63) is 200 Å². The predicted molar refractivity (Wildman–Crippen MR) is 373 cm³/mol. The molecule has 0 radical (unpaired) electrons. The molecule has 0 N–H and O–H groups in total. The number of aryl methyl sites for hydroxylation is 2. The number of hydrogen-bond acceptors (Lipinski definition) is 14. The second-order valence-electron chi connectivity index (χ2n) is 20.4. The molecule has 13 rings (SSSR count). The molecular weight excluding hydrogens is 1260 g/mol. The van der Waals surface area contributed by atoms with Gasteiger partial charge in [0.25, 0.3) is 0 Å². The topological polar surface area (TPSA) is 215 Å². The van der Waals surface area contributed by atoms with E-state index in [0.717, 1.165) is 25.7 Å². The van der Waals surface area contributed by atoms with Crippen molar-refractivity contribution in [3.63, 3.8) is 0 Å². The summed E-state index contributed by atoms with van der Waals surface area (Å²) in [6, 6.07) is 43.5. The molecule has 0 saturated carbocycles. The lowest BCUT2D eigenvalue weighted by molar-refractivity contribution is 0.407. The third-order valence-electron chi connectivity index (χ3n) is 13.6. The lowest BCUT2D eigenvalue weighted by Gasteiger charge is -2.34. The Morgan fingerprint density at radius 2 is 0.636 bits per heavy atom. The van der Waals surface area contributed by atoms with Crippen molar-refractivity contribution in [2.75, 3.05) is 28.2 Å². The van der Waals surface area contributed by atoms with Crippen LogP contribution in [0.2, 0.25) is 0 Å². The van der Waals surface area contributed by atoms with E-state index in [0.29, 0.717) is 56.8 Å². The second-order valence-corrected chi connectivity index (χ2v) is 33.6. The summed E-state index contributed by atoms with van der Waals surface area (Å²) in [6.07, 6.45) is 23.1. The average molecular weight is 1340 g/mol. The van der Waals surface area contributed by atoms with Crippen molar-refractivity contribution in [2.24, 2.45) is 30.2 Å². The van der Waals surface area contributed by atoms with Crippen LogP contribution in [0, 0.1) is 0 Å². The third kappa shape index (κ3) is 21.2. The zero-order chi connectivity index (χ0) is 62.8. The van der Waals surface area contributed by atoms with E-state index in [-0.39, 0.29) is 0 Å². The minimum Gasteiger partial charge on any atom is -0.432 e. The van der Waals surface area contributed by atoms with Crippen LogP contribution in [-0.4, -0.2) is 72.2 Å². The summed E-state index contributed by atoms with van der Waals surface area (Å²) in [6.45, 7) is -9.38. The summed E-state index contributed by atoms with van der Waals surface area (Å²) in [5, 5.41) is 19.1. The molecule has 0 unspecified atom stereocenters. The molecule has 464 valence electrons. The van der Waals surface area contributed by atoms with Gasteiger partial charge in [-0.3, -0.25) is 0 Å². The number of unbranched alkanes of at least 4 members (excludes halogenated alkanes) is 10. The van der Waals surface area contributed by atoms with Crippen LogP contribution >= 0.6 is 26.4 Å². The van der Waals surface area contributed by atoms with Crippen LogP contribution in [0.25, 0.3) is 20.9 Å². The highest BCUT2D eigenvalue weighted by molar-refractivity contribution is 8.10. The molecule has 0 saturated heterocycles. The van der Waals surface area contributed by atoms with E-state index in [1.807, 2.05) is 24.3 Å². The summed E-state index contributed by atoms with van der Waals surface area (Å²) in [4.78, 5) is 13.6. The van der Waals surface area contributed by atoms with Crippen LogP contribution in [-0.2, 0) is 60.1 Å². The van der Waals surface area contributed by atoms with Gasteiger partial charge in [0.1, 0.15) is 34.5 Å². The minimum atomic E-state index is -3.65. The molecule has 88 heavy (non-hydrogen) atoms. The molecule has 0 fully saturated rings. The molecule has 6 aromatic rings. The predicted octanol–water partition coefficient (Wildman–Crippen LogP) is 18.9. The van der Waals surface area contributed by atoms with Crippen molar-refractivity contribution < 1.29 is 27.1 Å². The Kier molecular flexibility index (Phi) is 26.7. The molecule has 8 bridgehead atoms. The van der Waals surface area contributed by atoms with Gasteiger partial charge >= 0.3 is 26.4 Å². The van der Waals surface area contributed by atoms with Gasteiger partial charge in [-0.1, -0.05) is 102 Å². The van der Waals surface area contributed by atoms with Crippen LogP contribution in [0.3, 0.4) is 0 Å². The fourth-order valence-corrected chi connectivity index (χ4v) is 15.6. The first kappa shape index (κ1) is 68.7. The van der Waals surface area contributed by atoms with Crippen LogP contribution in [0.15, 0.2) is 176 Å². The summed E-state index contributed by atoms with van der Waals surface area (Å²) < 4.78 is 44.2. The van der Waals surface area contributed by atoms with E-state index >= 15 is 0 Å². The van der Waals surface area contributed by atoms with Crippen LogP contribution < -0.4 is 27.1 Å². The van der Waals surface area contributed by atoms with Gasteiger partial charge in [-0.25, -0.2) is 19.1 Å². The molecule has 0 amide bonds. The number of hydrogen-bond donors (Lipinski definition) is 0. The lowest BCUT2D eigenvalue weighted by Crippen LogP contribution is -2.24. The highest BCUT2D eigenvalue weighted by atomic mass is 32.5. The van der Waals surface area contributed by atoms with E-state index in [4.69, 9.17) is 94.8 Å². The number of nitrogens with zero attached hydrogens (tertiary/aromatic N) is 14. The lowest BCUT2D eigenvalue weighted by atomic mass is 10.1. The summed E-state index contributed by atoms with van der Waals surface area (Å²) in [7, 11) is 6.94. The maximum atomic E-state index is 9.61.